The van der Waals surface area contributed by atoms with Gasteiger partial charge in [0.05, 0.1) is 6.61 Å². The van der Waals surface area contributed by atoms with Crippen LogP contribution in [0, 0.1) is 0 Å². The highest BCUT2D eigenvalue weighted by molar-refractivity contribution is 7.98. The fourth-order valence-electron chi connectivity index (χ4n) is 1.11. The quantitative estimate of drug-likeness (QED) is 0.708. The zero-order valence-electron chi connectivity index (χ0n) is 9.69. The van der Waals surface area contributed by atoms with Gasteiger partial charge in [0.1, 0.15) is 12.0 Å². The molecule has 0 saturated carbocycles. The first kappa shape index (κ1) is 12.9. The van der Waals surface area contributed by atoms with Crippen molar-refractivity contribution in [1.82, 2.24) is 9.97 Å². The van der Waals surface area contributed by atoms with Gasteiger partial charge in [0.2, 0.25) is 5.88 Å². The minimum atomic E-state index is 0.462. The lowest BCUT2D eigenvalue weighted by Crippen LogP contribution is -2.10. The van der Waals surface area contributed by atoms with Crippen LogP contribution >= 0.6 is 11.8 Å². The smallest absolute Gasteiger partial charge is 0.242 e. The molecule has 0 aliphatic rings. The number of rotatable bonds is 7. The van der Waals surface area contributed by atoms with Crippen molar-refractivity contribution in [3.63, 3.8) is 0 Å². The normalized spacial score (nSPS) is 10.1. The van der Waals surface area contributed by atoms with Gasteiger partial charge in [-0.3, -0.25) is 0 Å². The second-order valence-electron chi connectivity index (χ2n) is 3.21. The summed E-state index contributed by atoms with van der Waals surface area (Å²) in [6.45, 7) is 3.48. The fraction of sp³-hybridized carbons (Fsp3) is 0.600. The molecule has 1 aromatic heterocycles. The molecular formula is C10H18N4OS. The van der Waals surface area contributed by atoms with E-state index in [4.69, 9.17) is 10.5 Å². The summed E-state index contributed by atoms with van der Waals surface area (Å²) in [5.74, 6) is 2.12. The first-order valence-corrected chi connectivity index (χ1v) is 6.65. The average Bonchev–Trinajstić information content (AvgIpc) is 2.30. The van der Waals surface area contributed by atoms with E-state index in [1.54, 1.807) is 11.8 Å². The van der Waals surface area contributed by atoms with Crippen LogP contribution in [0.2, 0.25) is 0 Å². The number of aromatic nitrogens is 2. The molecule has 0 atom stereocenters. The lowest BCUT2D eigenvalue weighted by atomic mass is 10.4. The molecule has 0 amide bonds. The van der Waals surface area contributed by atoms with Gasteiger partial charge in [-0.05, 0) is 12.7 Å². The number of thioether (sulfide) groups is 1. The predicted octanol–water partition coefficient (Wildman–Crippen LogP) is 1.62. The Morgan fingerprint density at radius 1 is 1.50 bits per heavy atom. The van der Waals surface area contributed by atoms with E-state index >= 15 is 0 Å². The van der Waals surface area contributed by atoms with Crippen LogP contribution in [0.1, 0.15) is 13.3 Å². The standard InChI is InChI=1S/C10H18N4OS/c1-3-5-15-10-8(11)9(13-7-14-10)12-4-6-16-2/h7H,3-6,11H2,1-2H3,(H,12,13,14). The van der Waals surface area contributed by atoms with Crippen LogP contribution in [0.25, 0.3) is 0 Å². The molecule has 0 radical (unpaired) electrons. The molecule has 1 rings (SSSR count). The lowest BCUT2D eigenvalue weighted by Gasteiger charge is -2.10. The largest absolute Gasteiger partial charge is 0.476 e. The van der Waals surface area contributed by atoms with Crippen LogP contribution in [-0.4, -0.2) is 35.1 Å². The molecule has 0 aromatic carbocycles. The minimum Gasteiger partial charge on any atom is -0.476 e. The average molecular weight is 242 g/mol. The Morgan fingerprint density at radius 2 is 2.31 bits per heavy atom. The van der Waals surface area contributed by atoms with Gasteiger partial charge in [0.15, 0.2) is 5.82 Å². The fourth-order valence-corrected chi connectivity index (χ4v) is 1.41. The van der Waals surface area contributed by atoms with Gasteiger partial charge in [0, 0.05) is 12.3 Å². The van der Waals surface area contributed by atoms with Crippen LogP contribution < -0.4 is 15.8 Å². The molecule has 0 aliphatic carbocycles. The third-order valence-electron chi connectivity index (χ3n) is 1.89. The highest BCUT2D eigenvalue weighted by atomic mass is 32.2. The second kappa shape index (κ2) is 7.16. The summed E-state index contributed by atoms with van der Waals surface area (Å²) in [6, 6.07) is 0. The number of hydrogen-bond acceptors (Lipinski definition) is 6. The molecule has 90 valence electrons. The molecule has 0 spiro atoms. The van der Waals surface area contributed by atoms with Crippen molar-refractivity contribution in [2.24, 2.45) is 0 Å². The molecule has 16 heavy (non-hydrogen) atoms. The van der Waals surface area contributed by atoms with Crippen LogP contribution in [0.15, 0.2) is 6.33 Å². The van der Waals surface area contributed by atoms with Crippen molar-refractivity contribution in [3.05, 3.63) is 6.33 Å². The first-order valence-electron chi connectivity index (χ1n) is 5.25. The zero-order valence-corrected chi connectivity index (χ0v) is 10.5. The molecular weight excluding hydrogens is 224 g/mol. The molecule has 0 aliphatic heterocycles. The number of nitrogens with one attached hydrogen (secondary N) is 1. The van der Waals surface area contributed by atoms with E-state index in [1.165, 1.54) is 6.33 Å². The summed E-state index contributed by atoms with van der Waals surface area (Å²) in [5, 5.41) is 3.15. The monoisotopic (exact) mass is 242 g/mol. The molecule has 0 saturated heterocycles. The van der Waals surface area contributed by atoms with E-state index in [9.17, 15) is 0 Å². The van der Waals surface area contributed by atoms with Crippen molar-refractivity contribution >= 4 is 23.3 Å². The molecule has 1 heterocycles. The van der Waals surface area contributed by atoms with Crippen molar-refractivity contribution in [2.75, 3.05) is 36.2 Å². The van der Waals surface area contributed by atoms with Gasteiger partial charge in [-0.15, -0.1) is 0 Å². The maximum atomic E-state index is 5.89. The summed E-state index contributed by atoms with van der Waals surface area (Å²) in [4.78, 5) is 8.08. The molecule has 0 unspecified atom stereocenters. The molecule has 6 heteroatoms. The Morgan fingerprint density at radius 3 is 3.00 bits per heavy atom. The van der Waals surface area contributed by atoms with Gasteiger partial charge in [-0.25, -0.2) is 4.98 Å². The number of hydrogen-bond donors (Lipinski definition) is 2. The third-order valence-corrected chi connectivity index (χ3v) is 2.50. The minimum absolute atomic E-state index is 0.462. The topological polar surface area (TPSA) is 73.1 Å². The first-order chi connectivity index (χ1) is 7.79. The molecule has 0 bridgehead atoms. The van der Waals surface area contributed by atoms with E-state index < -0.39 is 0 Å². The summed E-state index contributed by atoms with van der Waals surface area (Å²) in [5.41, 5.74) is 6.37. The van der Waals surface area contributed by atoms with Gasteiger partial charge in [0.25, 0.3) is 0 Å². The predicted molar refractivity (Wildman–Crippen MR) is 69.1 cm³/mol. The van der Waals surface area contributed by atoms with Crippen LogP contribution in [-0.2, 0) is 0 Å². The van der Waals surface area contributed by atoms with E-state index in [0.29, 0.717) is 24.0 Å². The van der Waals surface area contributed by atoms with Gasteiger partial charge in [-0.1, -0.05) is 6.92 Å². The SMILES string of the molecule is CCCOc1ncnc(NCCSC)c1N. The van der Waals surface area contributed by atoms with Crippen molar-refractivity contribution in [3.8, 4) is 5.88 Å². The van der Waals surface area contributed by atoms with Gasteiger partial charge < -0.3 is 15.8 Å². The van der Waals surface area contributed by atoms with Gasteiger partial charge >= 0.3 is 0 Å². The van der Waals surface area contributed by atoms with E-state index in [1.807, 2.05) is 6.92 Å². The number of nitrogens with two attached hydrogens (primary N) is 1. The van der Waals surface area contributed by atoms with Gasteiger partial charge in [-0.2, -0.15) is 16.7 Å². The Balaban J connectivity index is 2.62. The maximum absolute atomic E-state index is 5.89. The second-order valence-corrected chi connectivity index (χ2v) is 4.19. The zero-order chi connectivity index (χ0) is 11.8. The Hall–Kier alpha value is -1.17. The number of anilines is 2. The van der Waals surface area contributed by atoms with Crippen LogP contribution in [0.5, 0.6) is 5.88 Å². The number of ether oxygens (including phenoxy) is 1. The van der Waals surface area contributed by atoms with E-state index in [0.717, 1.165) is 18.7 Å². The molecule has 1 aromatic rings. The Kier molecular flexibility index (Phi) is 5.77. The third kappa shape index (κ3) is 3.77. The maximum Gasteiger partial charge on any atom is 0.242 e. The summed E-state index contributed by atoms with van der Waals surface area (Å²) < 4.78 is 5.41. The molecule has 3 N–H and O–H groups in total. The highest BCUT2D eigenvalue weighted by Crippen LogP contribution is 2.24. The highest BCUT2D eigenvalue weighted by Gasteiger charge is 2.07. The summed E-state index contributed by atoms with van der Waals surface area (Å²) >= 11 is 1.77. The van der Waals surface area contributed by atoms with E-state index in [2.05, 4.69) is 21.5 Å². The Labute approximate surface area is 100 Å². The van der Waals surface area contributed by atoms with Crippen LogP contribution in [0.4, 0.5) is 11.5 Å². The number of nitrogens with zero attached hydrogens (tertiary/aromatic N) is 2. The van der Waals surface area contributed by atoms with Crippen LogP contribution in [0.3, 0.4) is 0 Å². The molecule has 0 fully saturated rings. The Bertz CT molecular complexity index is 322. The van der Waals surface area contributed by atoms with Crippen molar-refractivity contribution in [1.29, 1.82) is 0 Å². The molecule has 5 nitrogen and oxygen atoms in total. The van der Waals surface area contributed by atoms with Crippen molar-refractivity contribution < 1.29 is 4.74 Å². The number of nitrogen functional groups attached to an aromatic ring is 1. The lowest BCUT2D eigenvalue weighted by molar-refractivity contribution is 0.307. The van der Waals surface area contributed by atoms with E-state index in [-0.39, 0.29) is 0 Å². The summed E-state index contributed by atoms with van der Waals surface area (Å²) in [6.07, 6.45) is 4.45. The van der Waals surface area contributed by atoms with Crippen molar-refractivity contribution in [2.45, 2.75) is 13.3 Å². The summed E-state index contributed by atoms with van der Waals surface area (Å²) in [7, 11) is 0.